The van der Waals surface area contributed by atoms with Gasteiger partial charge >= 0.3 is 18.5 Å². The molecule has 7 heterocycles. The second-order valence-electron chi connectivity index (χ2n) is 9.92. The molecule has 0 radical (unpaired) electrons. The lowest BCUT2D eigenvalue weighted by atomic mass is 10.1. The molecule has 0 amide bonds. The molecule has 236 valence electrons. The zero-order valence-corrected chi connectivity index (χ0v) is 26.4. The molecule has 4 aromatic heterocycles. The standard InChI is InChI=1S/C20H23N9O10P2S3/c21-14-10-16(25-4-23-14)28(6-27-10)18-8-1-7(36-18)2-34-41(33,43)39-12-11(30)9(3-35-40(32,42)38-8)37-19(12)29-17-13(44-20(29)31)15(22)24-5-26-17/h4-9,11-12,18-19,30H,1-3H2,(H,32,42)(H,33,43)(H2,21,23,25)(H2,22,24,26)/t7-,8?,9+,11+,12?,18+,19+,40?,41?/m0/s1. The number of aliphatic hydroxyl groups excluding tert-OH is 1. The second kappa shape index (κ2) is 11.2. The quantitative estimate of drug-likeness (QED) is 0.145. The summed E-state index contributed by atoms with van der Waals surface area (Å²) < 4.78 is 64.5. The SMILES string of the molecule is Nc1ncnc2c1ncn2[C@@H]1O[C@@H]2COP(=O)(S)OC3[C@H](n4c(=O)sc5c(N)ncnc54)O[C@H](COP(=O)(S)OC1C2)[C@H]3O. The molecule has 44 heavy (non-hydrogen) atoms. The van der Waals surface area contributed by atoms with Crippen LogP contribution in [-0.4, -0.2) is 82.9 Å². The van der Waals surface area contributed by atoms with Crippen molar-refractivity contribution in [3.05, 3.63) is 28.6 Å². The number of imidazole rings is 1. The lowest BCUT2D eigenvalue weighted by molar-refractivity contribution is -0.0582. The molecule has 3 fully saturated rings. The van der Waals surface area contributed by atoms with E-state index in [-0.39, 0.29) is 35.0 Å². The fourth-order valence-electron chi connectivity index (χ4n) is 5.22. The maximum absolute atomic E-state index is 13.5. The molecule has 0 aromatic carbocycles. The van der Waals surface area contributed by atoms with Crippen LogP contribution in [0.4, 0.5) is 11.6 Å². The van der Waals surface area contributed by atoms with Crippen molar-refractivity contribution in [1.29, 1.82) is 0 Å². The van der Waals surface area contributed by atoms with E-state index in [9.17, 15) is 19.0 Å². The van der Waals surface area contributed by atoms with Gasteiger partial charge in [-0.15, -0.1) is 0 Å². The molecule has 4 unspecified atom stereocenters. The molecule has 0 spiro atoms. The first-order valence-corrected chi connectivity index (χ1v) is 19.0. The minimum atomic E-state index is -4.26. The highest BCUT2D eigenvalue weighted by Gasteiger charge is 2.51. The number of hydrogen-bond acceptors (Lipinski definition) is 18. The van der Waals surface area contributed by atoms with Gasteiger partial charge in [-0.05, 0) is 0 Å². The van der Waals surface area contributed by atoms with Gasteiger partial charge in [0.1, 0.15) is 53.1 Å². The maximum Gasteiger partial charge on any atom is 0.386 e. The van der Waals surface area contributed by atoms with Gasteiger partial charge in [0.2, 0.25) is 0 Å². The van der Waals surface area contributed by atoms with Crippen molar-refractivity contribution in [1.82, 2.24) is 34.1 Å². The summed E-state index contributed by atoms with van der Waals surface area (Å²) in [5.74, 6) is 0.189. The lowest BCUT2D eigenvalue weighted by Gasteiger charge is -2.25. The van der Waals surface area contributed by atoms with E-state index >= 15 is 0 Å². The molecule has 0 saturated carbocycles. The van der Waals surface area contributed by atoms with Crippen LogP contribution < -0.4 is 16.3 Å². The fourth-order valence-corrected chi connectivity index (χ4v) is 9.06. The van der Waals surface area contributed by atoms with Crippen LogP contribution in [0.25, 0.3) is 21.5 Å². The van der Waals surface area contributed by atoms with Gasteiger partial charge < -0.3 is 26.0 Å². The normalized spacial score (nSPS) is 36.6. The van der Waals surface area contributed by atoms with Gasteiger partial charge in [-0.1, -0.05) is 35.8 Å². The first-order valence-electron chi connectivity index (χ1n) is 12.8. The van der Waals surface area contributed by atoms with Crippen molar-refractivity contribution in [3.63, 3.8) is 0 Å². The lowest BCUT2D eigenvalue weighted by Crippen LogP contribution is -2.36. The third-order valence-electron chi connectivity index (χ3n) is 7.15. The zero-order chi connectivity index (χ0) is 31.0. The van der Waals surface area contributed by atoms with Crippen molar-refractivity contribution in [2.45, 2.75) is 49.4 Å². The van der Waals surface area contributed by atoms with Crippen molar-refractivity contribution >= 4 is 82.6 Å². The van der Waals surface area contributed by atoms with Crippen LogP contribution in [-0.2, 0) is 36.7 Å². The van der Waals surface area contributed by atoms with Crippen molar-refractivity contribution < 1.29 is 41.8 Å². The zero-order valence-electron chi connectivity index (χ0n) is 22.0. The second-order valence-corrected chi connectivity index (χ2v) is 16.6. The van der Waals surface area contributed by atoms with Crippen molar-refractivity contribution in [2.24, 2.45) is 0 Å². The molecule has 19 nitrogen and oxygen atoms in total. The van der Waals surface area contributed by atoms with Crippen LogP contribution in [0.15, 0.2) is 23.8 Å². The van der Waals surface area contributed by atoms with Crippen LogP contribution in [0.1, 0.15) is 18.9 Å². The fraction of sp³-hybridized carbons (Fsp3) is 0.500. The van der Waals surface area contributed by atoms with Gasteiger partial charge in [0.25, 0.3) is 0 Å². The van der Waals surface area contributed by atoms with Crippen LogP contribution in [0, 0.1) is 0 Å². The molecule has 4 aromatic rings. The summed E-state index contributed by atoms with van der Waals surface area (Å²) in [6, 6.07) is 0. The minimum absolute atomic E-state index is 0.0504. The Morgan fingerprint density at radius 3 is 2.41 bits per heavy atom. The summed E-state index contributed by atoms with van der Waals surface area (Å²) >= 11 is 8.99. The molecule has 0 aliphatic carbocycles. The minimum Gasteiger partial charge on any atom is -0.387 e. The molecule has 9 atom stereocenters. The number of ether oxygens (including phenoxy) is 2. The summed E-state index contributed by atoms with van der Waals surface area (Å²) in [6.45, 7) is -9.29. The van der Waals surface area contributed by atoms with Gasteiger partial charge in [0.15, 0.2) is 29.6 Å². The number of anilines is 2. The summed E-state index contributed by atoms with van der Waals surface area (Å²) in [5.41, 5.74) is 12.5. The van der Waals surface area contributed by atoms with E-state index in [2.05, 4.69) is 49.4 Å². The largest absolute Gasteiger partial charge is 0.387 e. The molecule has 5 N–H and O–H groups in total. The number of thiol groups is 2. The molecular formula is C20H23N9O10P2S3. The Labute approximate surface area is 260 Å². The Balaban J connectivity index is 1.21. The Hall–Kier alpha value is -2.20. The Morgan fingerprint density at radius 2 is 1.61 bits per heavy atom. The van der Waals surface area contributed by atoms with E-state index in [4.69, 9.17) is 39.0 Å². The van der Waals surface area contributed by atoms with Crippen LogP contribution in [0.3, 0.4) is 0 Å². The number of aromatic nitrogens is 7. The van der Waals surface area contributed by atoms with Gasteiger partial charge in [-0.3, -0.25) is 32.0 Å². The number of nitrogens with zero attached hydrogens (tertiary/aromatic N) is 7. The Bertz CT molecular complexity index is 1910. The third kappa shape index (κ3) is 5.46. The summed E-state index contributed by atoms with van der Waals surface area (Å²) in [4.78, 5) is 32.8. The molecule has 3 aliphatic heterocycles. The van der Waals surface area contributed by atoms with E-state index < -0.39 is 68.1 Å². The maximum atomic E-state index is 13.5. The van der Waals surface area contributed by atoms with Crippen LogP contribution in [0.2, 0.25) is 0 Å². The number of nitrogens with two attached hydrogens (primary N) is 2. The average molecular weight is 708 g/mol. The van der Waals surface area contributed by atoms with Gasteiger partial charge in [0.05, 0.1) is 25.6 Å². The van der Waals surface area contributed by atoms with Gasteiger partial charge in [-0.2, -0.15) is 0 Å². The van der Waals surface area contributed by atoms with Crippen LogP contribution in [0.5, 0.6) is 0 Å². The number of aliphatic hydroxyl groups is 1. The number of fused-ring (bicyclic) bond motifs is 6. The number of hydrogen-bond donors (Lipinski definition) is 5. The Kier molecular flexibility index (Phi) is 7.79. The first-order chi connectivity index (χ1) is 20.9. The highest BCUT2D eigenvalue weighted by molar-refractivity contribution is 8.44. The highest BCUT2D eigenvalue weighted by Crippen LogP contribution is 2.60. The number of thiazole rings is 1. The van der Waals surface area contributed by atoms with Crippen molar-refractivity contribution in [2.75, 3.05) is 24.7 Å². The molecule has 24 heteroatoms. The monoisotopic (exact) mass is 707 g/mol. The number of rotatable bonds is 2. The predicted molar refractivity (Wildman–Crippen MR) is 159 cm³/mol. The van der Waals surface area contributed by atoms with Crippen LogP contribution >= 0.6 is 49.4 Å². The highest BCUT2D eigenvalue weighted by atomic mass is 32.7. The van der Waals surface area contributed by atoms with E-state index in [0.717, 1.165) is 22.2 Å². The predicted octanol–water partition coefficient (Wildman–Crippen LogP) is 1.30. The molecule has 3 aliphatic rings. The van der Waals surface area contributed by atoms with Crippen molar-refractivity contribution in [3.8, 4) is 0 Å². The summed E-state index contributed by atoms with van der Waals surface area (Å²) in [6.07, 6.45) is -4.57. The van der Waals surface area contributed by atoms with E-state index in [1.54, 1.807) is 0 Å². The molecule has 3 saturated heterocycles. The van der Waals surface area contributed by atoms with Gasteiger partial charge in [-0.25, -0.2) is 34.0 Å². The summed E-state index contributed by atoms with van der Waals surface area (Å²) in [7, 11) is 0. The Morgan fingerprint density at radius 1 is 0.909 bits per heavy atom. The average Bonchev–Trinajstić information content (AvgIpc) is 3.71. The number of nitrogen functional groups attached to an aromatic ring is 2. The topological polar surface area (TPSA) is 253 Å². The molecule has 4 bridgehead atoms. The third-order valence-corrected chi connectivity index (χ3v) is 11.4. The molecular weight excluding hydrogens is 684 g/mol. The summed E-state index contributed by atoms with van der Waals surface area (Å²) in [5, 5.41) is 11.2. The molecule has 7 rings (SSSR count). The van der Waals surface area contributed by atoms with E-state index in [1.165, 1.54) is 17.2 Å². The smallest absolute Gasteiger partial charge is 0.386 e. The first kappa shape index (κ1) is 30.5. The van der Waals surface area contributed by atoms with E-state index in [0.29, 0.717) is 11.2 Å². The van der Waals surface area contributed by atoms with Gasteiger partial charge in [0, 0.05) is 6.42 Å². The van der Waals surface area contributed by atoms with E-state index in [1.807, 2.05) is 0 Å².